The quantitative estimate of drug-likeness (QED) is 0.735. The van der Waals surface area contributed by atoms with Crippen molar-refractivity contribution in [2.75, 3.05) is 13.6 Å². The van der Waals surface area contributed by atoms with Crippen LogP contribution in [0.2, 0.25) is 0 Å². The van der Waals surface area contributed by atoms with E-state index in [9.17, 15) is 0 Å². The molecular weight excluding hydrogens is 286 g/mol. The lowest BCUT2D eigenvalue weighted by Gasteiger charge is -2.10. The number of rotatable bonds is 8. The monoisotopic (exact) mass is 313 g/mol. The van der Waals surface area contributed by atoms with Crippen molar-refractivity contribution in [3.8, 4) is 0 Å². The highest BCUT2D eigenvalue weighted by Gasteiger charge is 2.04. The predicted molar refractivity (Wildman–Crippen MR) is 96.7 cm³/mol. The fourth-order valence-corrected chi connectivity index (χ4v) is 2.62. The van der Waals surface area contributed by atoms with Gasteiger partial charge in [-0.15, -0.1) is 5.10 Å². The summed E-state index contributed by atoms with van der Waals surface area (Å²) in [5, 5.41) is 11.5. The number of fused-ring (bicyclic) bond motifs is 1. The van der Waals surface area contributed by atoms with Crippen molar-refractivity contribution in [3.05, 3.63) is 42.0 Å². The lowest BCUT2D eigenvalue weighted by atomic mass is 10.0. The third kappa shape index (κ3) is 4.93. The molecule has 0 fully saturated rings. The number of hydrogen-bond donors (Lipinski definition) is 2. The number of para-hydroxylation sites is 1. The van der Waals surface area contributed by atoms with Crippen molar-refractivity contribution in [1.29, 1.82) is 0 Å². The van der Waals surface area contributed by atoms with E-state index in [4.69, 9.17) is 5.73 Å². The zero-order valence-electron chi connectivity index (χ0n) is 14.3. The summed E-state index contributed by atoms with van der Waals surface area (Å²) in [6.45, 7) is 5.50. The second-order valence-corrected chi connectivity index (χ2v) is 6.15. The molecule has 0 spiro atoms. The first kappa shape index (κ1) is 17.2. The number of allylic oxidation sites excluding steroid dienone is 3. The molecule has 23 heavy (non-hydrogen) atoms. The minimum Gasteiger partial charge on any atom is -0.384 e. The average molecular weight is 313 g/mol. The van der Waals surface area contributed by atoms with E-state index in [1.165, 1.54) is 18.4 Å². The van der Waals surface area contributed by atoms with E-state index in [1.54, 1.807) is 4.68 Å². The molecule has 0 amide bonds. The van der Waals surface area contributed by atoms with Gasteiger partial charge in [-0.3, -0.25) is 0 Å². The highest BCUT2D eigenvalue weighted by molar-refractivity contribution is 5.77. The van der Waals surface area contributed by atoms with Crippen LogP contribution in [0, 0.1) is 5.92 Å². The van der Waals surface area contributed by atoms with Crippen LogP contribution in [0.25, 0.3) is 16.9 Å². The van der Waals surface area contributed by atoms with Gasteiger partial charge in [-0.2, -0.15) is 4.68 Å². The van der Waals surface area contributed by atoms with Crippen LogP contribution in [0.4, 0.5) is 0 Å². The second-order valence-electron chi connectivity index (χ2n) is 6.15. The summed E-state index contributed by atoms with van der Waals surface area (Å²) >= 11 is 0. The first-order chi connectivity index (χ1) is 11.1. The zero-order valence-corrected chi connectivity index (χ0v) is 14.3. The SMILES string of the molecule is CNCC(C)CCC/C(C)=C\C=C(/N)n1nnc2ccccc21. The van der Waals surface area contributed by atoms with Crippen LogP contribution in [0.1, 0.15) is 33.1 Å². The molecule has 2 rings (SSSR count). The van der Waals surface area contributed by atoms with Gasteiger partial charge in [0.05, 0.1) is 5.52 Å². The molecule has 1 heterocycles. The summed E-state index contributed by atoms with van der Waals surface area (Å²) < 4.78 is 1.67. The van der Waals surface area contributed by atoms with Crippen LogP contribution in [-0.2, 0) is 0 Å². The standard InChI is InChI=1S/C18H27N5/c1-14(7-6-8-15(2)13-20-3)11-12-18(19)23-17-10-5-4-9-16(17)21-22-23/h4-5,9-12,15,20H,6-8,13,19H2,1-3H3/b14-11-,18-12+. The van der Waals surface area contributed by atoms with Gasteiger partial charge in [0.1, 0.15) is 11.3 Å². The van der Waals surface area contributed by atoms with Gasteiger partial charge in [0.15, 0.2) is 0 Å². The Morgan fingerprint density at radius 3 is 2.91 bits per heavy atom. The van der Waals surface area contributed by atoms with Crippen molar-refractivity contribution >= 4 is 16.9 Å². The third-order valence-electron chi connectivity index (χ3n) is 3.96. The minimum atomic E-state index is 0.585. The van der Waals surface area contributed by atoms with E-state index in [2.05, 4.69) is 35.6 Å². The highest BCUT2D eigenvalue weighted by atomic mass is 15.4. The first-order valence-corrected chi connectivity index (χ1v) is 8.20. The van der Waals surface area contributed by atoms with Crippen LogP contribution in [0.5, 0.6) is 0 Å². The smallest absolute Gasteiger partial charge is 0.127 e. The molecule has 0 bridgehead atoms. The molecule has 1 atom stereocenters. The van der Waals surface area contributed by atoms with Crippen LogP contribution in [-0.4, -0.2) is 28.6 Å². The molecule has 3 N–H and O–H groups in total. The van der Waals surface area contributed by atoms with Crippen molar-refractivity contribution < 1.29 is 0 Å². The van der Waals surface area contributed by atoms with Crippen LogP contribution in [0.15, 0.2) is 42.0 Å². The average Bonchev–Trinajstić information content (AvgIpc) is 2.97. The molecule has 2 aromatic rings. The fraction of sp³-hybridized carbons (Fsp3) is 0.444. The Morgan fingerprint density at radius 1 is 1.35 bits per heavy atom. The maximum atomic E-state index is 6.14. The molecule has 1 aromatic heterocycles. The summed E-state index contributed by atoms with van der Waals surface area (Å²) in [5.41, 5.74) is 9.24. The van der Waals surface area contributed by atoms with E-state index < -0.39 is 0 Å². The Balaban J connectivity index is 1.95. The topological polar surface area (TPSA) is 68.8 Å². The van der Waals surface area contributed by atoms with Crippen molar-refractivity contribution in [2.45, 2.75) is 33.1 Å². The second kappa shape index (κ2) is 8.48. The molecule has 5 heteroatoms. The molecule has 0 aliphatic rings. The first-order valence-electron chi connectivity index (χ1n) is 8.20. The maximum Gasteiger partial charge on any atom is 0.127 e. The Morgan fingerprint density at radius 2 is 2.13 bits per heavy atom. The van der Waals surface area contributed by atoms with Gasteiger partial charge in [-0.25, -0.2) is 0 Å². The van der Waals surface area contributed by atoms with Crippen LogP contribution >= 0.6 is 0 Å². The molecule has 124 valence electrons. The lowest BCUT2D eigenvalue weighted by Crippen LogP contribution is -2.15. The summed E-state index contributed by atoms with van der Waals surface area (Å²) in [4.78, 5) is 0. The van der Waals surface area contributed by atoms with Crippen LogP contribution in [0.3, 0.4) is 0 Å². The number of hydrogen-bond acceptors (Lipinski definition) is 4. The molecular formula is C18H27N5. The third-order valence-corrected chi connectivity index (χ3v) is 3.96. The van der Waals surface area contributed by atoms with Crippen molar-refractivity contribution in [3.63, 3.8) is 0 Å². The molecule has 0 saturated carbocycles. The maximum absolute atomic E-state index is 6.14. The summed E-state index contributed by atoms with van der Waals surface area (Å²) in [5.74, 6) is 1.30. The summed E-state index contributed by atoms with van der Waals surface area (Å²) in [6, 6.07) is 7.80. The van der Waals surface area contributed by atoms with E-state index in [0.29, 0.717) is 5.82 Å². The Hall–Kier alpha value is -2.14. The predicted octanol–water partition coefficient (Wildman–Crippen LogP) is 3.16. The van der Waals surface area contributed by atoms with E-state index in [0.717, 1.165) is 29.9 Å². The molecule has 1 aromatic carbocycles. The molecule has 0 saturated heterocycles. The van der Waals surface area contributed by atoms with Gasteiger partial charge in [-0.05, 0) is 63.9 Å². The summed E-state index contributed by atoms with van der Waals surface area (Å²) in [7, 11) is 2.00. The van der Waals surface area contributed by atoms with Gasteiger partial charge in [-0.1, -0.05) is 35.9 Å². The number of benzene rings is 1. The van der Waals surface area contributed by atoms with E-state index in [1.807, 2.05) is 37.4 Å². The lowest BCUT2D eigenvalue weighted by molar-refractivity contribution is 0.486. The molecule has 0 radical (unpaired) electrons. The van der Waals surface area contributed by atoms with E-state index >= 15 is 0 Å². The molecule has 0 aliphatic heterocycles. The van der Waals surface area contributed by atoms with Gasteiger partial charge in [0.2, 0.25) is 0 Å². The number of nitrogens with zero attached hydrogens (tertiary/aromatic N) is 3. The Bertz CT molecular complexity index is 684. The Labute approximate surface area is 138 Å². The molecule has 1 unspecified atom stereocenters. The van der Waals surface area contributed by atoms with Gasteiger partial charge in [0, 0.05) is 0 Å². The Kier molecular flexibility index (Phi) is 6.35. The number of aromatic nitrogens is 3. The van der Waals surface area contributed by atoms with Gasteiger partial charge < -0.3 is 11.1 Å². The van der Waals surface area contributed by atoms with Crippen molar-refractivity contribution in [1.82, 2.24) is 20.3 Å². The fourth-order valence-electron chi connectivity index (χ4n) is 2.62. The largest absolute Gasteiger partial charge is 0.384 e. The van der Waals surface area contributed by atoms with Crippen molar-refractivity contribution in [2.24, 2.45) is 11.7 Å². The highest BCUT2D eigenvalue weighted by Crippen LogP contribution is 2.14. The van der Waals surface area contributed by atoms with Crippen LogP contribution < -0.4 is 11.1 Å². The minimum absolute atomic E-state index is 0.585. The van der Waals surface area contributed by atoms with Gasteiger partial charge in [0.25, 0.3) is 0 Å². The molecule has 5 nitrogen and oxygen atoms in total. The number of nitrogens with one attached hydrogen (secondary N) is 1. The van der Waals surface area contributed by atoms with E-state index in [-0.39, 0.29) is 0 Å². The van der Waals surface area contributed by atoms with Gasteiger partial charge >= 0.3 is 0 Å². The summed E-state index contributed by atoms with van der Waals surface area (Å²) in [6.07, 6.45) is 7.52. The normalized spacial score (nSPS) is 14.4. The zero-order chi connectivity index (χ0) is 16.7. The number of nitrogens with two attached hydrogens (primary N) is 1. The molecule has 0 aliphatic carbocycles.